The Morgan fingerprint density at radius 3 is 2.76 bits per heavy atom. The Morgan fingerprint density at radius 2 is 2.00 bits per heavy atom. The molecular weight excluding hydrogens is 307 g/mol. The highest BCUT2D eigenvalue weighted by Gasteiger charge is 2.07. The van der Waals surface area contributed by atoms with E-state index in [2.05, 4.69) is 0 Å². The molecule has 0 aliphatic heterocycles. The molecule has 106 valence electrons. The standard InChI is InChI=1S/C16H12ClFN2S/c17-13-2-3-14(18)12(8-13)9-20-6-5-10-7-11(16(19)21)1-4-15(10)20/h1-8H,9H2,(H2,19,21). The molecule has 5 heteroatoms. The van der Waals surface area contributed by atoms with Crippen LogP contribution < -0.4 is 5.73 Å². The third kappa shape index (κ3) is 2.77. The topological polar surface area (TPSA) is 30.9 Å². The summed E-state index contributed by atoms with van der Waals surface area (Å²) in [5, 5.41) is 1.54. The van der Waals surface area contributed by atoms with Crippen molar-refractivity contribution in [3.63, 3.8) is 0 Å². The van der Waals surface area contributed by atoms with E-state index in [0.29, 0.717) is 22.1 Å². The summed E-state index contributed by atoms with van der Waals surface area (Å²) in [6, 6.07) is 12.3. The van der Waals surface area contributed by atoms with Gasteiger partial charge >= 0.3 is 0 Å². The second-order valence-corrected chi connectivity index (χ2v) is 5.69. The van der Waals surface area contributed by atoms with Gasteiger partial charge in [-0.1, -0.05) is 23.8 Å². The lowest BCUT2D eigenvalue weighted by Crippen LogP contribution is -2.08. The van der Waals surface area contributed by atoms with Crippen molar-refractivity contribution in [2.45, 2.75) is 6.54 Å². The number of rotatable bonds is 3. The lowest BCUT2D eigenvalue weighted by atomic mass is 10.1. The number of hydrogen-bond donors (Lipinski definition) is 1. The third-order valence-electron chi connectivity index (χ3n) is 3.40. The van der Waals surface area contributed by atoms with E-state index in [9.17, 15) is 4.39 Å². The molecule has 0 atom stereocenters. The van der Waals surface area contributed by atoms with Crippen LogP contribution in [0.4, 0.5) is 4.39 Å². The van der Waals surface area contributed by atoms with Gasteiger partial charge in [-0.3, -0.25) is 0 Å². The van der Waals surface area contributed by atoms with Crippen LogP contribution in [0.5, 0.6) is 0 Å². The Bertz CT molecular complexity index is 841. The smallest absolute Gasteiger partial charge is 0.128 e. The van der Waals surface area contributed by atoms with Crippen molar-refractivity contribution in [2.75, 3.05) is 0 Å². The SMILES string of the molecule is NC(=S)c1ccc2c(ccn2Cc2cc(Cl)ccc2F)c1. The highest BCUT2D eigenvalue weighted by Crippen LogP contribution is 2.21. The van der Waals surface area contributed by atoms with E-state index in [-0.39, 0.29) is 5.82 Å². The van der Waals surface area contributed by atoms with Crippen molar-refractivity contribution in [1.29, 1.82) is 0 Å². The lowest BCUT2D eigenvalue weighted by molar-refractivity contribution is 0.602. The average molecular weight is 319 g/mol. The fourth-order valence-electron chi connectivity index (χ4n) is 2.34. The first kappa shape index (κ1) is 14.0. The van der Waals surface area contributed by atoms with Crippen molar-refractivity contribution >= 4 is 39.7 Å². The van der Waals surface area contributed by atoms with Gasteiger partial charge in [0.05, 0.1) is 6.54 Å². The molecule has 2 N–H and O–H groups in total. The van der Waals surface area contributed by atoms with Crippen LogP contribution in [0, 0.1) is 5.82 Å². The van der Waals surface area contributed by atoms with E-state index < -0.39 is 0 Å². The molecule has 0 radical (unpaired) electrons. The molecule has 0 amide bonds. The molecule has 3 aromatic rings. The Labute approximate surface area is 131 Å². The maximum absolute atomic E-state index is 13.8. The lowest BCUT2D eigenvalue weighted by Gasteiger charge is -2.08. The number of hydrogen-bond acceptors (Lipinski definition) is 1. The van der Waals surface area contributed by atoms with Crippen LogP contribution in [0.2, 0.25) is 5.02 Å². The molecule has 0 aliphatic rings. The zero-order chi connectivity index (χ0) is 15.0. The summed E-state index contributed by atoms with van der Waals surface area (Å²) in [6.45, 7) is 0.419. The predicted molar refractivity (Wildman–Crippen MR) is 88.3 cm³/mol. The number of aromatic nitrogens is 1. The fourth-order valence-corrected chi connectivity index (χ4v) is 2.66. The van der Waals surface area contributed by atoms with Crippen LogP contribution in [-0.4, -0.2) is 9.56 Å². The van der Waals surface area contributed by atoms with Gasteiger partial charge in [0.2, 0.25) is 0 Å². The first-order valence-electron chi connectivity index (χ1n) is 6.37. The van der Waals surface area contributed by atoms with E-state index in [1.165, 1.54) is 6.07 Å². The van der Waals surface area contributed by atoms with Crippen LogP contribution in [0.25, 0.3) is 10.9 Å². The molecule has 2 aromatic carbocycles. The summed E-state index contributed by atoms with van der Waals surface area (Å²) in [6.07, 6.45) is 1.91. The Morgan fingerprint density at radius 1 is 1.19 bits per heavy atom. The summed E-state index contributed by atoms with van der Waals surface area (Å²) in [5.41, 5.74) is 8.00. The van der Waals surface area contributed by atoms with Gasteiger partial charge in [-0.15, -0.1) is 0 Å². The van der Waals surface area contributed by atoms with Gasteiger partial charge in [0, 0.05) is 33.2 Å². The number of thiocarbonyl (C=S) groups is 1. The van der Waals surface area contributed by atoms with E-state index in [4.69, 9.17) is 29.6 Å². The Kier molecular flexibility index (Phi) is 3.66. The zero-order valence-electron chi connectivity index (χ0n) is 11.0. The average Bonchev–Trinajstić information content (AvgIpc) is 2.85. The van der Waals surface area contributed by atoms with Crippen LogP contribution in [0.15, 0.2) is 48.7 Å². The zero-order valence-corrected chi connectivity index (χ0v) is 12.6. The van der Waals surface area contributed by atoms with E-state index in [0.717, 1.165) is 16.5 Å². The van der Waals surface area contributed by atoms with Crippen LogP contribution in [0.1, 0.15) is 11.1 Å². The van der Waals surface area contributed by atoms with Crippen molar-refractivity contribution in [3.05, 3.63) is 70.6 Å². The normalized spacial score (nSPS) is 11.0. The predicted octanol–water partition coefficient (Wildman–Crippen LogP) is 4.12. The van der Waals surface area contributed by atoms with E-state index in [1.54, 1.807) is 12.1 Å². The van der Waals surface area contributed by atoms with Gasteiger partial charge < -0.3 is 10.3 Å². The second kappa shape index (κ2) is 5.47. The van der Waals surface area contributed by atoms with Gasteiger partial charge in [-0.25, -0.2) is 4.39 Å². The quantitative estimate of drug-likeness (QED) is 0.737. The van der Waals surface area contributed by atoms with Gasteiger partial charge in [0.25, 0.3) is 0 Å². The molecule has 0 spiro atoms. The highest BCUT2D eigenvalue weighted by atomic mass is 35.5. The molecule has 3 rings (SSSR count). The number of nitrogens with two attached hydrogens (primary N) is 1. The molecule has 1 aromatic heterocycles. The highest BCUT2D eigenvalue weighted by molar-refractivity contribution is 7.80. The molecule has 0 bridgehead atoms. The largest absolute Gasteiger partial charge is 0.389 e. The Balaban J connectivity index is 2.01. The molecule has 2 nitrogen and oxygen atoms in total. The third-order valence-corrected chi connectivity index (χ3v) is 3.87. The van der Waals surface area contributed by atoms with Crippen LogP contribution in [0.3, 0.4) is 0 Å². The van der Waals surface area contributed by atoms with Crippen LogP contribution >= 0.6 is 23.8 Å². The summed E-state index contributed by atoms with van der Waals surface area (Å²) in [4.78, 5) is 0.366. The van der Waals surface area contributed by atoms with E-state index >= 15 is 0 Å². The Hall–Kier alpha value is -1.91. The maximum atomic E-state index is 13.8. The molecule has 21 heavy (non-hydrogen) atoms. The minimum atomic E-state index is -0.263. The van der Waals surface area contributed by atoms with Crippen molar-refractivity contribution in [1.82, 2.24) is 4.57 Å². The second-order valence-electron chi connectivity index (χ2n) is 4.82. The van der Waals surface area contributed by atoms with Crippen molar-refractivity contribution in [2.24, 2.45) is 5.73 Å². The van der Waals surface area contributed by atoms with Gasteiger partial charge in [0.1, 0.15) is 10.8 Å². The first-order chi connectivity index (χ1) is 10.0. The first-order valence-corrected chi connectivity index (χ1v) is 7.16. The van der Waals surface area contributed by atoms with E-state index in [1.807, 2.05) is 35.0 Å². The number of halogens is 2. The molecule has 0 aliphatic carbocycles. The fraction of sp³-hybridized carbons (Fsp3) is 0.0625. The van der Waals surface area contributed by atoms with Gasteiger partial charge in [-0.05, 0) is 42.5 Å². The summed E-state index contributed by atoms with van der Waals surface area (Å²) >= 11 is 10.9. The molecule has 1 heterocycles. The monoisotopic (exact) mass is 318 g/mol. The molecule has 0 unspecified atom stereocenters. The maximum Gasteiger partial charge on any atom is 0.128 e. The van der Waals surface area contributed by atoms with Gasteiger partial charge in [-0.2, -0.15) is 0 Å². The van der Waals surface area contributed by atoms with Gasteiger partial charge in [0.15, 0.2) is 0 Å². The summed E-state index contributed by atoms with van der Waals surface area (Å²) in [5.74, 6) is -0.263. The molecule has 0 saturated heterocycles. The number of benzene rings is 2. The molecule has 0 fully saturated rings. The van der Waals surface area contributed by atoms with Crippen molar-refractivity contribution in [3.8, 4) is 0 Å². The minimum absolute atomic E-state index is 0.263. The molecule has 0 saturated carbocycles. The molecular formula is C16H12ClFN2S. The summed E-state index contributed by atoms with van der Waals surface area (Å²) < 4.78 is 15.8. The number of fused-ring (bicyclic) bond motifs is 1. The minimum Gasteiger partial charge on any atom is -0.389 e. The van der Waals surface area contributed by atoms with Crippen molar-refractivity contribution < 1.29 is 4.39 Å². The number of nitrogens with zero attached hydrogens (tertiary/aromatic N) is 1. The summed E-state index contributed by atoms with van der Waals surface area (Å²) in [7, 11) is 0. The van der Waals surface area contributed by atoms with Crippen LogP contribution in [-0.2, 0) is 6.54 Å².